The minimum absolute atomic E-state index is 0.0142. The van der Waals surface area contributed by atoms with E-state index in [0.717, 1.165) is 30.1 Å². The van der Waals surface area contributed by atoms with E-state index in [1.807, 2.05) is 0 Å². The number of aromatic nitrogens is 2. The van der Waals surface area contributed by atoms with Crippen LogP contribution in [0.3, 0.4) is 0 Å². The molecule has 0 aliphatic carbocycles. The number of rotatable bonds is 4. The van der Waals surface area contributed by atoms with Gasteiger partial charge in [-0.25, -0.2) is 13.4 Å². The third-order valence-electron chi connectivity index (χ3n) is 6.09. The summed E-state index contributed by atoms with van der Waals surface area (Å²) in [5.41, 5.74) is -0.901. The molecule has 8 nitrogen and oxygen atoms in total. The number of sulfonamides is 1. The molecule has 2 aliphatic rings. The van der Waals surface area contributed by atoms with Crippen LogP contribution in [0.4, 0.5) is 19.0 Å². The minimum Gasteiger partial charge on any atom is -0.355 e. The van der Waals surface area contributed by atoms with Gasteiger partial charge >= 0.3 is 6.18 Å². The van der Waals surface area contributed by atoms with Crippen molar-refractivity contribution in [3.8, 4) is 0 Å². The van der Waals surface area contributed by atoms with Gasteiger partial charge in [0.05, 0.1) is 16.7 Å². The number of hydrogen-bond acceptors (Lipinski definition) is 6. The number of carbonyl (C=O) groups is 1. The molecule has 3 heterocycles. The van der Waals surface area contributed by atoms with E-state index in [9.17, 15) is 26.4 Å². The average molecular weight is 484 g/mol. The van der Waals surface area contributed by atoms with Gasteiger partial charge in [-0.2, -0.15) is 17.5 Å². The Hall–Kier alpha value is -2.73. The van der Waals surface area contributed by atoms with Gasteiger partial charge in [-0.05, 0) is 37.1 Å². The van der Waals surface area contributed by atoms with Crippen LogP contribution in [0.2, 0.25) is 0 Å². The van der Waals surface area contributed by atoms with E-state index in [-0.39, 0.29) is 42.9 Å². The van der Waals surface area contributed by atoms with Crippen molar-refractivity contribution in [2.24, 2.45) is 5.92 Å². The lowest BCUT2D eigenvalue weighted by Crippen LogP contribution is -2.52. The second-order valence-corrected chi connectivity index (χ2v) is 10.0. The van der Waals surface area contributed by atoms with Gasteiger partial charge in [-0.1, -0.05) is 0 Å². The highest BCUT2D eigenvalue weighted by Crippen LogP contribution is 2.30. The molecule has 0 unspecified atom stereocenters. The Morgan fingerprint density at radius 1 is 0.939 bits per heavy atom. The average Bonchev–Trinajstić information content (AvgIpc) is 2.84. The number of piperazine rings is 1. The molecule has 0 spiro atoms. The van der Waals surface area contributed by atoms with Crippen molar-refractivity contribution in [1.29, 1.82) is 0 Å². The summed E-state index contributed by atoms with van der Waals surface area (Å²) in [5.74, 6) is 0.668. The number of amides is 1. The van der Waals surface area contributed by atoms with Gasteiger partial charge < -0.3 is 9.80 Å². The molecule has 2 aliphatic heterocycles. The Bertz CT molecular complexity index is 1060. The van der Waals surface area contributed by atoms with Gasteiger partial charge in [-0.3, -0.25) is 9.78 Å². The lowest BCUT2D eigenvalue weighted by Gasteiger charge is -2.38. The topological polar surface area (TPSA) is 86.7 Å². The van der Waals surface area contributed by atoms with Crippen LogP contribution in [0.25, 0.3) is 0 Å². The van der Waals surface area contributed by atoms with Crippen LogP contribution in [-0.2, 0) is 21.0 Å². The maximum Gasteiger partial charge on any atom is 0.416 e. The Labute approximate surface area is 190 Å². The number of nitrogens with zero attached hydrogens (tertiary/aromatic N) is 5. The molecule has 33 heavy (non-hydrogen) atoms. The first kappa shape index (κ1) is 23.4. The molecule has 0 N–H and O–H groups in total. The SMILES string of the molecule is O=C(C1CCN(c2cnccn2)CC1)N1CCN(S(=O)(=O)c2ccc(C(F)(F)F)cc2)CC1. The van der Waals surface area contributed by atoms with Crippen LogP contribution >= 0.6 is 0 Å². The molecule has 1 amide bonds. The molecule has 12 heteroatoms. The highest BCUT2D eigenvalue weighted by molar-refractivity contribution is 7.89. The van der Waals surface area contributed by atoms with Crippen molar-refractivity contribution in [3.05, 3.63) is 48.4 Å². The van der Waals surface area contributed by atoms with Crippen LogP contribution in [0.15, 0.2) is 47.8 Å². The fraction of sp³-hybridized carbons (Fsp3) is 0.476. The third-order valence-corrected chi connectivity index (χ3v) is 8.00. The Kier molecular flexibility index (Phi) is 6.57. The van der Waals surface area contributed by atoms with E-state index in [1.165, 1.54) is 4.31 Å². The molecule has 0 atom stereocenters. The second-order valence-electron chi connectivity index (χ2n) is 8.08. The first-order chi connectivity index (χ1) is 15.7. The van der Waals surface area contributed by atoms with Gasteiger partial charge in [0.15, 0.2) is 0 Å². The smallest absolute Gasteiger partial charge is 0.355 e. The van der Waals surface area contributed by atoms with Crippen molar-refractivity contribution >= 4 is 21.7 Å². The fourth-order valence-electron chi connectivity index (χ4n) is 4.18. The number of hydrogen-bond donors (Lipinski definition) is 0. The molecule has 2 aromatic rings. The van der Waals surface area contributed by atoms with Crippen LogP contribution in [-0.4, -0.2) is 72.8 Å². The molecular weight excluding hydrogens is 459 g/mol. The monoisotopic (exact) mass is 483 g/mol. The molecule has 0 radical (unpaired) electrons. The number of alkyl halides is 3. The van der Waals surface area contributed by atoms with Crippen LogP contribution in [0.5, 0.6) is 0 Å². The molecule has 1 aromatic heterocycles. The molecule has 4 rings (SSSR count). The van der Waals surface area contributed by atoms with E-state index in [0.29, 0.717) is 25.9 Å². The van der Waals surface area contributed by atoms with Crippen molar-refractivity contribution < 1.29 is 26.4 Å². The van der Waals surface area contributed by atoms with E-state index in [4.69, 9.17) is 0 Å². The zero-order chi connectivity index (χ0) is 23.6. The summed E-state index contributed by atoms with van der Waals surface area (Å²) in [6, 6.07) is 3.47. The zero-order valence-electron chi connectivity index (χ0n) is 17.8. The highest BCUT2D eigenvalue weighted by atomic mass is 32.2. The fourth-order valence-corrected chi connectivity index (χ4v) is 5.60. The van der Waals surface area contributed by atoms with Crippen LogP contribution in [0, 0.1) is 5.92 Å². The minimum atomic E-state index is -4.53. The molecule has 2 fully saturated rings. The second kappa shape index (κ2) is 9.26. The molecule has 0 saturated carbocycles. The first-order valence-corrected chi connectivity index (χ1v) is 12.1. The molecular formula is C21H24F3N5O3S. The number of halogens is 3. The predicted molar refractivity (Wildman–Crippen MR) is 114 cm³/mol. The first-order valence-electron chi connectivity index (χ1n) is 10.6. The van der Waals surface area contributed by atoms with Gasteiger partial charge in [0.2, 0.25) is 15.9 Å². The van der Waals surface area contributed by atoms with E-state index < -0.39 is 21.8 Å². The third kappa shape index (κ3) is 5.11. The summed E-state index contributed by atoms with van der Waals surface area (Å²) in [6.07, 6.45) is 1.76. The van der Waals surface area contributed by atoms with Crippen molar-refractivity contribution in [2.75, 3.05) is 44.2 Å². The Balaban J connectivity index is 1.31. The van der Waals surface area contributed by atoms with Crippen molar-refractivity contribution in [1.82, 2.24) is 19.2 Å². The van der Waals surface area contributed by atoms with Gasteiger partial charge in [0, 0.05) is 57.6 Å². The maximum atomic E-state index is 13.0. The summed E-state index contributed by atoms with van der Waals surface area (Å²) in [5, 5.41) is 0. The summed E-state index contributed by atoms with van der Waals surface area (Å²) in [4.78, 5) is 24.9. The molecule has 0 bridgehead atoms. The number of carbonyl (C=O) groups excluding carboxylic acids is 1. The summed E-state index contributed by atoms with van der Waals surface area (Å²) in [6.45, 7) is 2.10. The number of anilines is 1. The number of piperidine rings is 1. The largest absolute Gasteiger partial charge is 0.416 e. The standard InChI is InChI=1S/C21H24F3N5O3S/c22-21(23,24)17-1-3-18(4-2-17)33(31,32)29-13-11-28(12-14-29)20(30)16-5-9-27(10-6-16)19-15-25-7-8-26-19/h1-4,7-8,15-16H,5-6,9-14H2. The van der Waals surface area contributed by atoms with Crippen LogP contribution < -0.4 is 4.90 Å². The Morgan fingerprint density at radius 2 is 1.58 bits per heavy atom. The number of benzene rings is 1. The lowest BCUT2D eigenvalue weighted by atomic mass is 9.95. The highest BCUT2D eigenvalue weighted by Gasteiger charge is 2.35. The van der Waals surface area contributed by atoms with Crippen molar-refractivity contribution in [2.45, 2.75) is 23.9 Å². The lowest BCUT2D eigenvalue weighted by molar-refractivity contribution is -0.138. The van der Waals surface area contributed by atoms with Gasteiger partial charge in [0.25, 0.3) is 0 Å². The zero-order valence-corrected chi connectivity index (χ0v) is 18.6. The molecule has 1 aromatic carbocycles. The van der Waals surface area contributed by atoms with Gasteiger partial charge in [0.1, 0.15) is 5.82 Å². The summed E-state index contributed by atoms with van der Waals surface area (Å²) in [7, 11) is -3.93. The predicted octanol–water partition coefficient (Wildman–Crippen LogP) is 2.24. The van der Waals surface area contributed by atoms with E-state index >= 15 is 0 Å². The summed E-state index contributed by atoms with van der Waals surface area (Å²) >= 11 is 0. The quantitative estimate of drug-likeness (QED) is 0.663. The Morgan fingerprint density at radius 3 is 2.12 bits per heavy atom. The van der Waals surface area contributed by atoms with Crippen molar-refractivity contribution in [3.63, 3.8) is 0 Å². The maximum absolute atomic E-state index is 13.0. The molecule has 178 valence electrons. The van der Waals surface area contributed by atoms with E-state index in [1.54, 1.807) is 23.5 Å². The van der Waals surface area contributed by atoms with E-state index in [2.05, 4.69) is 14.9 Å². The normalized spacial score (nSPS) is 19.0. The van der Waals surface area contributed by atoms with Crippen LogP contribution in [0.1, 0.15) is 18.4 Å². The van der Waals surface area contributed by atoms with Gasteiger partial charge in [-0.15, -0.1) is 0 Å². The summed E-state index contributed by atoms with van der Waals surface area (Å²) < 4.78 is 65.1. The molecule has 2 saturated heterocycles.